The van der Waals surface area contributed by atoms with E-state index in [4.69, 9.17) is 4.74 Å². The van der Waals surface area contributed by atoms with Gasteiger partial charge in [-0.1, -0.05) is 6.08 Å². The highest BCUT2D eigenvalue weighted by molar-refractivity contribution is 5.25. The fraction of sp³-hybridized carbons (Fsp3) is 0.455. The summed E-state index contributed by atoms with van der Waals surface area (Å²) in [7, 11) is 0. The molecule has 0 saturated heterocycles. The van der Waals surface area contributed by atoms with Crippen LogP contribution < -0.4 is 5.32 Å². The van der Waals surface area contributed by atoms with Crippen molar-refractivity contribution in [3.8, 4) is 0 Å². The van der Waals surface area contributed by atoms with Gasteiger partial charge < -0.3 is 10.1 Å². The average Bonchev–Trinajstić information content (AvgIpc) is 2.33. The molecule has 0 atom stereocenters. The number of hydrogen-bond donors (Lipinski definition) is 1. The molecule has 0 fully saturated rings. The quantitative estimate of drug-likeness (QED) is 0.605. The first kappa shape index (κ1) is 14.4. The Balaban J connectivity index is 2.36. The molecule has 1 aromatic rings. The van der Waals surface area contributed by atoms with Crippen LogP contribution in [0.4, 0.5) is 19.1 Å². The molecule has 1 heterocycles. The monoisotopic (exact) mass is 261 g/mol. The first-order chi connectivity index (χ1) is 8.54. The Labute approximate surface area is 103 Å². The molecule has 4 nitrogen and oxygen atoms in total. The van der Waals surface area contributed by atoms with Gasteiger partial charge in [0.15, 0.2) is 0 Å². The average molecular weight is 261 g/mol. The first-order valence-electron chi connectivity index (χ1n) is 5.37. The summed E-state index contributed by atoms with van der Waals surface area (Å²) in [5.74, 6) is -0.0582. The van der Waals surface area contributed by atoms with E-state index in [1.807, 2.05) is 0 Å². The fourth-order valence-corrected chi connectivity index (χ4v) is 1.11. The molecule has 1 aromatic heterocycles. The van der Waals surface area contributed by atoms with Gasteiger partial charge in [-0.05, 0) is 12.5 Å². The summed E-state index contributed by atoms with van der Waals surface area (Å²) in [6.07, 6.45) is -0.931. The van der Waals surface area contributed by atoms with Gasteiger partial charge in [-0.15, -0.1) is 6.58 Å². The number of halogens is 3. The predicted octanol–water partition coefficient (Wildman–Crippen LogP) is 2.50. The molecule has 0 aliphatic rings. The van der Waals surface area contributed by atoms with E-state index in [1.165, 1.54) is 0 Å². The zero-order chi connectivity index (χ0) is 13.4. The predicted molar refractivity (Wildman–Crippen MR) is 61.2 cm³/mol. The molecule has 0 bridgehead atoms. The lowest BCUT2D eigenvalue weighted by Crippen LogP contribution is -2.14. The Bertz CT molecular complexity index is 382. The number of ether oxygens (including phenoxy) is 1. The lowest BCUT2D eigenvalue weighted by Gasteiger charge is -2.08. The Hall–Kier alpha value is -1.63. The largest absolute Gasteiger partial charge is 0.433 e. The van der Waals surface area contributed by atoms with Crippen LogP contribution in [0.1, 0.15) is 12.1 Å². The van der Waals surface area contributed by atoms with E-state index in [1.54, 1.807) is 6.08 Å². The van der Waals surface area contributed by atoms with E-state index in [-0.39, 0.29) is 5.95 Å². The molecule has 0 aromatic carbocycles. The summed E-state index contributed by atoms with van der Waals surface area (Å²) in [5.41, 5.74) is -0.965. The molecule has 7 heteroatoms. The van der Waals surface area contributed by atoms with Crippen LogP contribution in [0.15, 0.2) is 24.9 Å². The van der Waals surface area contributed by atoms with E-state index in [0.717, 1.165) is 18.7 Å². The second-order valence-corrected chi connectivity index (χ2v) is 3.38. The van der Waals surface area contributed by atoms with Crippen molar-refractivity contribution in [1.82, 2.24) is 9.97 Å². The zero-order valence-corrected chi connectivity index (χ0v) is 9.70. The Morgan fingerprint density at radius 1 is 1.39 bits per heavy atom. The molecule has 0 saturated carbocycles. The molecule has 0 radical (unpaired) electrons. The van der Waals surface area contributed by atoms with Crippen LogP contribution in [-0.2, 0) is 10.9 Å². The Kier molecular flexibility index (Phi) is 5.57. The van der Waals surface area contributed by atoms with Gasteiger partial charge >= 0.3 is 6.18 Å². The minimum Gasteiger partial charge on any atom is -0.379 e. The van der Waals surface area contributed by atoms with Crippen molar-refractivity contribution in [2.75, 3.05) is 25.1 Å². The summed E-state index contributed by atoms with van der Waals surface area (Å²) in [4.78, 5) is 7.05. The maximum absolute atomic E-state index is 12.3. The maximum atomic E-state index is 12.3. The zero-order valence-electron chi connectivity index (χ0n) is 9.70. The molecule has 1 N–H and O–H groups in total. The van der Waals surface area contributed by atoms with E-state index >= 15 is 0 Å². The summed E-state index contributed by atoms with van der Waals surface area (Å²) < 4.78 is 42.2. The van der Waals surface area contributed by atoms with Gasteiger partial charge in [-0.2, -0.15) is 13.2 Å². The van der Waals surface area contributed by atoms with Crippen LogP contribution in [0, 0.1) is 0 Å². The summed E-state index contributed by atoms with van der Waals surface area (Å²) in [5, 5.41) is 2.66. The van der Waals surface area contributed by atoms with Gasteiger partial charge in [-0.3, -0.25) is 0 Å². The molecule has 0 amide bonds. The second-order valence-electron chi connectivity index (χ2n) is 3.38. The van der Waals surface area contributed by atoms with Crippen molar-refractivity contribution in [3.63, 3.8) is 0 Å². The number of nitrogens with one attached hydrogen (secondary N) is 1. The Morgan fingerprint density at radius 2 is 2.17 bits per heavy atom. The number of rotatable bonds is 7. The van der Waals surface area contributed by atoms with Gasteiger partial charge in [0.1, 0.15) is 5.69 Å². The topological polar surface area (TPSA) is 47.0 Å². The highest BCUT2D eigenvalue weighted by Crippen LogP contribution is 2.27. The van der Waals surface area contributed by atoms with Crippen molar-refractivity contribution in [2.24, 2.45) is 0 Å². The highest BCUT2D eigenvalue weighted by Gasteiger charge is 2.32. The van der Waals surface area contributed by atoms with Crippen LogP contribution in [0.3, 0.4) is 0 Å². The van der Waals surface area contributed by atoms with Crippen molar-refractivity contribution in [2.45, 2.75) is 12.6 Å². The van der Waals surface area contributed by atoms with Crippen molar-refractivity contribution in [3.05, 3.63) is 30.6 Å². The molecule has 0 aliphatic carbocycles. The molecule has 100 valence electrons. The van der Waals surface area contributed by atoms with Crippen LogP contribution in [0.5, 0.6) is 0 Å². The number of alkyl halides is 3. The summed E-state index contributed by atoms with van der Waals surface area (Å²) >= 11 is 0. The highest BCUT2D eigenvalue weighted by atomic mass is 19.4. The number of anilines is 1. The lowest BCUT2D eigenvalue weighted by atomic mass is 10.4. The third-order valence-corrected chi connectivity index (χ3v) is 1.94. The molecular formula is C11H14F3N3O. The van der Waals surface area contributed by atoms with Gasteiger partial charge in [0.2, 0.25) is 5.95 Å². The first-order valence-corrected chi connectivity index (χ1v) is 5.37. The van der Waals surface area contributed by atoms with Crippen LogP contribution in [-0.4, -0.2) is 29.7 Å². The van der Waals surface area contributed by atoms with Crippen molar-refractivity contribution < 1.29 is 17.9 Å². The van der Waals surface area contributed by atoms with E-state index in [9.17, 15) is 13.2 Å². The fourth-order valence-electron chi connectivity index (χ4n) is 1.11. The van der Waals surface area contributed by atoms with E-state index in [2.05, 4.69) is 21.9 Å². The summed E-state index contributed by atoms with van der Waals surface area (Å²) in [6, 6.07) is 0.825. The van der Waals surface area contributed by atoms with E-state index < -0.39 is 11.9 Å². The van der Waals surface area contributed by atoms with E-state index in [0.29, 0.717) is 19.8 Å². The molecule has 18 heavy (non-hydrogen) atoms. The minimum atomic E-state index is -4.46. The molecule has 0 aliphatic heterocycles. The van der Waals surface area contributed by atoms with Crippen LogP contribution >= 0.6 is 0 Å². The third kappa shape index (κ3) is 5.13. The smallest absolute Gasteiger partial charge is 0.379 e. The number of aromatic nitrogens is 2. The SMILES string of the molecule is C=CCCOCCNc1nccc(C(F)(F)F)n1. The van der Waals surface area contributed by atoms with Crippen molar-refractivity contribution in [1.29, 1.82) is 0 Å². The number of nitrogens with zero attached hydrogens (tertiary/aromatic N) is 2. The Morgan fingerprint density at radius 3 is 2.83 bits per heavy atom. The van der Waals surface area contributed by atoms with Gasteiger partial charge in [-0.25, -0.2) is 9.97 Å². The summed E-state index contributed by atoms with van der Waals surface area (Å²) in [6.45, 7) is 4.79. The third-order valence-electron chi connectivity index (χ3n) is 1.94. The minimum absolute atomic E-state index is 0.0582. The van der Waals surface area contributed by atoms with Gasteiger partial charge in [0.05, 0.1) is 13.2 Å². The maximum Gasteiger partial charge on any atom is 0.433 e. The number of hydrogen-bond acceptors (Lipinski definition) is 4. The normalized spacial score (nSPS) is 11.3. The molecule has 0 unspecified atom stereocenters. The standard InChI is InChI=1S/C11H14F3N3O/c1-2-3-7-18-8-6-16-10-15-5-4-9(17-10)11(12,13)14/h2,4-5H,1,3,6-8H2,(H,15,16,17). The van der Waals surface area contributed by atoms with Crippen LogP contribution in [0.2, 0.25) is 0 Å². The molecular weight excluding hydrogens is 247 g/mol. The van der Waals surface area contributed by atoms with Gasteiger partial charge in [0, 0.05) is 12.7 Å². The molecule has 0 spiro atoms. The van der Waals surface area contributed by atoms with Crippen molar-refractivity contribution >= 4 is 5.95 Å². The second kappa shape index (κ2) is 6.95. The van der Waals surface area contributed by atoms with Crippen LogP contribution in [0.25, 0.3) is 0 Å². The lowest BCUT2D eigenvalue weighted by molar-refractivity contribution is -0.141. The molecule has 1 rings (SSSR count). The van der Waals surface area contributed by atoms with Gasteiger partial charge in [0.25, 0.3) is 0 Å².